The second-order valence-corrected chi connectivity index (χ2v) is 6.16. The van der Waals surface area contributed by atoms with Crippen LogP contribution in [0.2, 0.25) is 10.0 Å². The quantitative estimate of drug-likeness (QED) is 0.895. The van der Waals surface area contributed by atoms with Gasteiger partial charge < -0.3 is 5.32 Å². The molecule has 1 heterocycles. The Kier molecular flexibility index (Phi) is 3.72. The van der Waals surface area contributed by atoms with E-state index in [0.717, 1.165) is 30.1 Å². The van der Waals surface area contributed by atoms with Crippen LogP contribution >= 0.6 is 23.2 Å². The molecule has 20 heavy (non-hydrogen) atoms. The highest BCUT2D eigenvalue weighted by molar-refractivity contribution is 6.31. The summed E-state index contributed by atoms with van der Waals surface area (Å²) in [5, 5.41) is 4.23. The van der Waals surface area contributed by atoms with Gasteiger partial charge in [-0.15, -0.1) is 0 Å². The smallest absolute Gasteiger partial charge is 0.141 e. The van der Waals surface area contributed by atoms with Crippen molar-refractivity contribution in [1.82, 2.24) is 5.32 Å². The molecular weight excluding hydrogens is 296 g/mol. The van der Waals surface area contributed by atoms with Crippen molar-refractivity contribution in [2.24, 2.45) is 0 Å². The molecule has 0 spiro atoms. The molecule has 0 aliphatic carbocycles. The molecule has 0 unspecified atom stereocenters. The van der Waals surface area contributed by atoms with Gasteiger partial charge >= 0.3 is 0 Å². The number of benzene rings is 2. The van der Waals surface area contributed by atoms with Crippen molar-refractivity contribution >= 4 is 23.2 Å². The normalized spacial score (nSPS) is 16.8. The van der Waals surface area contributed by atoms with Gasteiger partial charge in [0.15, 0.2) is 0 Å². The molecule has 0 saturated carbocycles. The maximum atomic E-state index is 13.2. The van der Waals surface area contributed by atoms with E-state index in [1.807, 2.05) is 18.2 Å². The first-order chi connectivity index (χ1) is 9.59. The summed E-state index contributed by atoms with van der Waals surface area (Å²) >= 11 is 12.0. The molecule has 1 saturated heterocycles. The van der Waals surface area contributed by atoms with Crippen LogP contribution in [0.25, 0.3) is 0 Å². The molecule has 1 aliphatic rings. The van der Waals surface area contributed by atoms with Crippen LogP contribution in [0.4, 0.5) is 4.39 Å². The highest BCUT2D eigenvalue weighted by atomic mass is 35.5. The van der Waals surface area contributed by atoms with Crippen molar-refractivity contribution in [3.8, 4) is 0 Å². The Labute approximate surface area is 127 Å². The van der Waals surface area contributed by atoms with Gasteiger partial charge in [-0.3, -0.25) is 0 Å². The predicted molar refractivity (Wildman–Crippen MR) is 81.1 cm³/mol. The summed E-state index contributed by atoms with van der Waals surface area (Å²) in [7, 11) is 0. The molecule has 0 aromatic heterocycles. The maximum absolute atomic E-state index is 13.2. The van der Waals surface area contributed by atoms with Crippen LogP contribution in [-0.2, 0) is 11.8 Å². The Balaban J connectivity index is 1.91. The zero-order valence-electron chi connectivity index (χ0n) is 10.8. The van der Waals surface area contributed by atoms with E-state index >= 15 is 0 Å². The molecule has 2 aromatic rings. The SMILES string of the molecule is Fc1ccc(CC2(c3cccc(Cl)c3)CNC2)cc1Cl. The lowest BCUT2D eigenvalue weighted by Gasteiger charge is -2.43. The van der Waals surface area contributed by atoms with Gasteiger partial charge in [-0.2, -0.15) is 0 Å². The van der Waals surface area contributed by atoms with Crippen LogP contribution in [0.1, 0.15) is 11.1 Å². The average molecular weight is 310 g/mol. The fourth-order valence-corrected chi connectivity index (χ4v) is 3.11. The van der Waals surface area contributed by atoms with E-state index in [1.165, 1.54) is 11.6 Å². The van der Waals surface area contributed by atoms with Gasteiger partial charge in [-0.1, -0.05) is 41.4 Å². The fourth-order valence-electron chi connectivity index (χ4n) is 2.72. The van der Waals surface area contributed by atoms with Crippen LogP contribution in [0.15, 0.2) is 42.5 Å². The molecule has 1 nitrogen and oxygen atoms in total. The third-order valence-corrected chi connectivity index (χ3v) is 4.42. The molecule has 1 fully saturated rings. The number of halogens is 3. The number of hydrogen-bond acceptors (Lipinski definition) is 1. The summed E-state index contributed by atoms with van der Waals surface area (Å²) in [6.07, 6.45) is 0.820. The molecule has 0 atom stereocenters. The maximum Gasteiger partial charge on any atom is 0.141 e. The fraction of sp³-hybridized carbons (Fsp3) is 0.250. The number of hydrogen-bond donors (Lipinski definition) is 1. The Hall–Kier alpha value is -1.09. The molecule has 4 heteroatoms. The molecular formula is C16H14Cl2FN. The van der Waals surface area contributed by atoms with Gasteiger partial charge in [0.05, 0.1) is 5.02 Å². The Bertz CT molecular complexity index is 638. The first-order valence-corrected chi connectivity index (χ1v) is 7.25. The van der Waals surface area contributed by atoms with Crippen molar-refractivity contribution in [2.75, 3.05) is 13.1 Å². The summed E-state index contributed by atoms with van der Waals surface area (Å²) in [5.74, 6) is -0.376. The van der Waals surface area contributed by atoms with Crippen LogP contribution in [0.3, 0.4) is 0 Å². The number of nitrogens with one attached hydrogen (secondary N) is 1. The molecule has 2 aromatic carbocycles. The summed E-state index contributed by atoms with van der Waals surface area (Å²) in [5.41, 5.74) is 2.27. The van der Waals surface area contributed by atoms with Gasteiger partial charge in [0.1, 0.15) is 5.82 Å². The predicted octanol–water partition coefficient (Wildman–Crippen LogP) is 4.22. The molecule has 0 bridgehead atoms. The first-order valence-electron chi connectivity index (χ1n) is 6.50. The van der Waals surface area contributed by atoms with E-state index < -0.39 is 0 Å². The molecule has 0 amide bonds. The lowest BCUT2D eigenvalue weighted by atomic mass is 9.71. The van der Waals surface area contributed by atoms with E-state index in [-0.39, 0.29) is 16.3 Å². The van der Waals surface area contributed by atoms with Crippen molar-refractivity contribution in [2.45, 2.75) is 11.8 Å². The van der Waals surface area contributed by atoms with Crippen molar-refractivity contribution in [3.05, 3.63) is 69.5 Å². The molecule has 1 aliphatic heterocycles. The summed E-state index contributed by atoms with van der Waals surface area (Å²) in [6, 6.07) is 12.9. The van der Waals surface area contributed by atoms with Gasteiger partial charge in [-0.05, 0) is 41.8 Å². The van der Waals surface area contributed by atoms with E-state index in [1.54, 1.807) is 12.1 Å². The van der Waals surface area contributed by atoms with E-state index in [9.17, 15) is 4.39 Å². The van der Waals surface area contributed by atoms with E-state index in [2.05, 4.69) is 11.4 Å². The van der Waals surface area contributed by atoms with Crippen LogP contribution in [0.5, 0.6) is 0 Å². The second-order valence-electron chi connectivity index (χ2n) is 5.32. The number of rotatable bonds is 3. The monoisotopic (exact) mass is 309 g/mol. The Morgan fingerprint density at radius 2 is 1.90 bits per heavy atom. The average Bonchev–Trinajstić information content (AvgIpc) is 2.38. The summed E-state index contributed by atoms with van der Waals surface area (Å²) in [6.45, 7) is 1.78. The van der Waals surface area contributed by atoms with Gasteiger partial charge in [-0.25, -0.2) is 4.39 Å². The summed E-state index contributed by atoms with van der Waals surface area (Å²) < 4.78 is 13.2. The van der Waals surface area contributed by atoms with Crippen LogP contribution < -0.4 is 5.32 Å². The third kappa shape index (κ3) is 2.56. The standard InChI is InChI=1S/C16H14Cl2FN/c17-13-3-1-2-12(7-13)16(9-20-10-16)8-11-4-5-15(19)14(18)6-11/h1-7,20H,8-10H2. The lowest BCUT2D eigenvalue weighted by molar-refractivity contribution is 0.274. The van der Waals surface area contributed by atoms with Crippen molar-refractivity contribution < 1.29 is 4.39 Å². The minimum Gasteiger partial charge on any atom is -0.315 e. The van der Waals surface area contributed by atoms with Crippen LogP contribution in [-0.4, -0.2) is 13.1 Å². The Morgan fingerprint density at radius 1 is 1.10 bits per heavy atom. The third-order valence-electron chi connectivity index (χ3n) is 3.89. The topological polar surface area (TPSA) is 12.0 Å². The summed E-state index contributed by atoms with van der Waals surface area (Å²) in [4.78, 5) is 0. The van der Waals surface area contributed by atoms with Gasteiger partial charge in [0, 0.05) is 23.5 Å². The molecule has 0 radical (unpaired) electrons. The Morgan fingerprint density at radius 3 is 2.50 bits per heavy atom. The van der Waals surface area contributed by atoms with Crippen LogP contribution in [0, 0.1) is 5.82 Å². The molecule has 3 rings (SSSR count). The van der Waals surface area contributed by atoms with Gasteiger partial charge in [0.2, 0.25) is 0 Å². The van der Waals surface area contributed by atoms with Crippen molar-refractivity contribution in [1.29, 1.82) is 0 Å². The lowest BCUT2D eigenvalue weighted by Crippen LogP contribution is -2.58. The largest absolute Gasteiger partial charge is 0.315 e. The molecule has 104 valence electrons. The van der Waals surface area contributed by atoms with Gasteiger partial charge in [0.25, 0.3) is 0 Å². The highest BCUT2D eigenvalue weighted by Crippen LogP contribution is 2.34. The van der Waals surface area contributed by atoms with E-state index in [4.69, 9.17) is 23.2 Å². The highest BCUT2D eigenvalue weighted by Gasteiger charge is 2.38. The van der Waals surface area contributed by atoms with E-state index in [0.29, 0.717) is 0 Å². The van der Waals surface area contributed by atoms with Crippen molar-refractivity contribution in [3.63, 3.8) is 0 Å². The first kappa shape index (κ1) is 13.9. The minimum atomic E-state index is -0.376. The zero-order chi connectivity index (χ0) is 14.2. The molecule has 1 N–H and O–H groups in total. The minimum absolute atomic E-state index is 0.0199. The second kappa shape index (κ2) is 5.36. The zero-order valence-corrected chi connectivity index (χ0v) is 12.3.